The molecule has 2 saturated carbocycles. The van der Waals surface area contributed by atoms with Crippen molar-refractivity contribution in [3.63, 3.8) is 0 Å². The van der Waals surface area contributed by atoms with Gasteiger partial charge in [0.2, 0.25) is 5.91 Å². The predicted molar refractivity (Wildman–Crippen MR) is 69.4 cm³/mol. The van der Waals surface area contributed by atoms with Crippen LogP contribution in [0.4, 0.5) is 0 Å². The van der Waals surface area contributed by atoms with E-state index in [0.29, 0.717) is 12.5 Å². The van der Waals surface area contributed by atoms with Crippen LogP contribution in [-0.2, 0) is 4.79 Å². The van der Waals surface area contributed by atoms with Gasteiger partial charge in [-0.2, -0.15) is 0 Å². The molecule has 17 heavy (non-hydrogen) atoms. The summed E-state index contributed by atoms with van der Waals surface area (Å²) in [5.41, 5.74) is 5.47. The minimum absolute atomic E-state index is 0.257. The molecule has 0 aromatic carbocycles. The van der Waals surface area contributed by atoms with E-state index >= 15 is 0 Å². The smallest absolute Gasteiger partial charge is 0.220 e. The second kappa shape index (κ2) is 5.85. The van der Waals surface area contributed by atoms with Crippen molar-refractivity contribution < 1.29 is 4.79 Å². The Bertz CT molecular complexity index is 267. The summed E-state index contributed by atoms with van der Waals surface area (Å²) in [6.45, 7) is 2.79. The van der Waals surface area contributed by atoms with E-state index in [1.54, 1.807) is 0 Å². The van der Waals surface area contributed by atoms with Crippen molar-refractivity contribution in [2.75, 3.05) is 6.54 Å². The quantitative estimate of drug-likeness (QED) is 0.744. The molecule has 2 rings (SSSR count). The molecule has 2 aliphatic rings. The van der Waals surface area contributed by atoms with Crippen molar-refractivity contribution in [3.8, 4) is 0 Å². The Labute approximate surface area is 105 Å². The largest absolute Gasteiger partial charge is 0.354 e. The van der Waals surface area contributed by atoms with E-state index in [4.69, 9.17) is 5.73 Å². The van der Waals surface area contributed by atoms with Gasteiger partial charge in [0, 0.05) is 12.5 Å². The Kier molecular flexibility index (Phi) is 4.43. The third-order valence-corrected chi connectivity index (χ3v) is 4.58. The fraction of sp³-hybridized carbons (Fsp3) is 0.929. The van der Waals surface area contributed by atoms with E-state index in [1.807, 2.05) is 0 Å². The maximum atomic E-state index is 11.9. The van der Waals surface area contributed by atoms with Gasteiger partial charge in [-0.1, -0.05) is 6.42 Å². The first-order valence-corrected chi connectivity index (χ1v) is 7.18. The van der Waals surface area contributed by atoms with Crippen molar-refractivity contribution in [1.29, 1.82) is 0 Å². The molecule has 3 nitrogen and oxygen atoms in total. The highest BCUT2D eigenvalue weighted by atomic mass is 16.1. The number of carbonyl (C=O) groups excluding carboxylic acids is 1. The molecule has 0 saturated heterocycles. The molecule has 1 amide bonds. The number of nitrogens with one attached hydrogen (secondary N) is 1. The molecule has 98 valence electrons. The number of fused-ring (bicyclic) bond motifs is 2. The lowest BCUT2D eigenvalue weighted by atomic mass is 9.86. The van der Waals surface area contributed by atoms with E-state index in [9.17, 15) is 4.79 Å². The van der Waals surface area contributed by atoms with Gasteiger partial charge in [-0.25, -0.2) is 0 Å². The Morgan fingerprint density at radius 3 is 2.82 bits per heavy atom. The van der Waals surface area contributed by atoms with Crippen molar-refractivity contribution in [2.45, 2.75) is 57.9 Å². The lowest BCUT2D eigenvalue weighted by Crippen LogP contribution is -2.34. The molecular formula is C14H26N2O. The van der Waals surface area contributed by atoms with Crippen LogP contribution in [0.25, 0.3) is 0 Å². The van der Waals surface area contributed by atoms with Crippen LogP contribution >= 0.6 is 0 Å². The molecule has 0 spiro atoms. The summed E-state index contributed by atoms with van der Waals surface area (Å²) in [6, 6.07) is 0.282. The van der Waals surface area contributed by atoms with Gasteiger partial charge in [0.15, 0.2) is 0 Å². The van der Waals surface area contributed by atoms with Gasteiger partial charge in [0.25, 0.3) is 0 Å². The highest BCUT2D eigenvalue weighted by molar-refractivity contribution is 5.76. The van der Waals surface area contributed by atoms with Gasteiger partial charge in [-0.05, 0) is 63.3 Å². The van der Waals surface area contributed by atoms with Crippen LogP contribution in [0.15, 0.2) is 0 Å². The van der Waals surface area contributed by atoms with Gasteiger partial charge in [0.05, 0.1) is 0 Å². The average molecular weight is 238 g/mol. The summed E-state index contributed by atoms with van der Waals surface area (Å²) in [7, 11) is 0. The monoisotopic (exact) mass is 238 g/mol. The number of rotatable bonds is 6. The van der Waals surface area contributed by atoms with Crippen LogP contribution in [0, 0.1) is 17.8 Å². The molecule has 0 aromatic rings. The third-order valence-electron chi connectivity index (χ3n) is 4.58. The first-order valence-electron chi connectivity index (χ1n) is 7.18. The maximum absolute atomic E-state index is 11.9. The minimum atomic E-state index is 0.257. The molecule has 2 aliphatic carbocycles. The first kappa shape index (κ1) is 12.9. The van der Waals surface area contributed by atoms with Crippen molar-refractivity contribution in [2.24, 2.45) is 23.5 Å². The van der Waals surface area contributed by atoms with Crippen LogP contribution in [0.1, 0.15) is 51.9 Å². The summed E-state index contributed by atoms with van der Waals surface area (Å²) in [5.74, 6) is 2.72. The van der Waals surface area contributed by atoms with E-state index in [1.165, 1.54) is 25.7 Å². The van der Waals surface area contributed by atoms with E-state index in [0.717, 1.165) is 31.1 Å². The van der Waals surface area contributed by atoms with Gasteiger partial charge in [-0.3, -0.25) is 4.79 Å². The van der Waals surface area contributed by atoms with Gasteiger partial charge >= 0.3 is 0 Å². The maximum Gasteiger partial charge on any atom is 0.220 e. The summed E-state index contributed by atoms with van der Waals surface area (Å²) < 4.78 is 0. The number of nitrogens with two attached hydrogens (primary N) is 1. The fourth-order valence-corrected chi connectivity index (χ4v) is 3.69. The van der Waals surface area contributed by atoms with E-state index in [2.05, 4.69) is 12.2 Å². The normalized spacial score (nSPS) is 32.7. The van der Waals surface area contributed by atoms with Crippen LogP contribution in [0.2, 0.25) is 0 Å². The SMILES string of the molecule is CC(CCCN)NC(=O)CC1CC2CCC1C2. The Balaban J connectivity index is 1.67. The highest BCUT2D eigenvalue weighted by Crippen LogP contribution is 2.49. The number of hydrogen-bond acceptors (Lipinski definition) is 2. The van der Waals surface area contributed by atoms with Gasteiger partial charge < -0.3 is 11.1 Å². The number of hydrogen-bond donors (Lipinski definition) is 2. The average Bonchev–Trinajstić information content (AvgIpc) is 2.87. The van der Waals surface area contributed by atoms with Crippen LogP contribution < -0.4 is 11.1 Å². The summed E-state index contributed by atoms with van der Waals surface area (Å²) in [5, 5.41) is 3.11. The molecule has 2 bridgehead atoms. The predicted octanol–water partition coefficient (Wildman–Crippen LogP) is 2.06. The lowest BCUT2D eigenvalue weighted by Gasteiger charge is -2.22. The number of amides is 1. The molecule has 4 unspecified atom stereocenters. The standard InChI is InChI=1S/C14H26N2O/c1-10(3-2-6-15)16-14(17)9-13-8-11-4-5-12(13)7-11/h10-13H,2-9,15H2,1H3,(H,16,17). The Morgan fingerprint density at radius 2 is 2.24 bits per heavy atom. The molecule has 0 heterocycles. The minimum Gasteiger partial charge on any atom is -0.354 e. The van der Waals surface area contributed by atoms with Crippen LogP contribution in [0.3, 0.4) is 0 Å². The lowest BCUT2D eigenvalue weighted by molar-refractivity contribution is -0.123. The number of carbonyl (C=O) groups is 1. The summed E-state index contributed by atoms with van der Waals surface area (Å²) >= 11 is 0. The summed E-state index contributed by atoms with van der Waals surface area (Å²) in [4.78, 5) is 11.9. The molecule has 0 radical (unpaired) electrons. The first-order chi connectivity index (χ1) is 8.19. The second-order valence-electron chi connectivity index (χ2n) is 6.04. The fourth-order valence-electron chi connectivity index (χ4n) is 3.69. The third kappa shape index (κ3) is 3.44. The summed E-state index contributed by atoms with van der Waals surface area (Å²) in [6.07, 6.45) is 8.22. The van der Waals surface area contributed by atoms with Crippen molar-refractivity contribution in [3.05, 3.63) is 0 Å². The zero-order valence-corrected chi connectivity index (χ0v) is 11.0. The highest BCUT2D eigenvalue weighted by Gasteiger charge is 2.40. The van der Waals surface area contributed by atoms with Crippen molar-refractivity contribution >= 4 is 5.91 Å². The zero-order valence-electron chi connectivity index (χ0n) is 11.0. The van der Waals surface area contributed by atoms with Crippen molar-refractivity contribution in [1.82, 2.24) is 5.32 Å². The topological polar surface area (TPSA) is 55.1 Å². The zero-order chi connectivity index (χ0) is 12.3. The molecule has 0 aromatic heterocycles. The molecular weight excluding hydrogens is 212 g/mol. The van der Waals surface area contributed by atoms with E-state index in [-0.39, 0.29) is 11.9 Å². The van der Waals surface area contributed by atoms with Crippen LogP contribution in [0.5, 0.6) is 0 Å². The Hall–Kier alpha value is -0.570. The second-order valence-corrected chi connectivity index (χ2v) is 6.04. The molecule has 3 heteroatoms. The van der Waals surface area contributed by atoms with Gasteiger partial charge in [0.1, 0.15) is 0 Å². The molecule has 3 N–H and O–H groups in total. The van der Waals surface area contributed by atoms with Gasteiger partial charge in [-0.15, -0.1) is 0 Å². The molecule has 4 atom stereocenters. The van der Waals surface area contributed by atoms with E-state index < -0.39 is 0 Å². The molecule has 2 fully saturated rings. The van der Waals surface area contributed by atoms with Crippen LogP contribution in [-0.4, -0.2) is 18.5 Å². The Morgan fingerprint density at radius 1 is 1.41 bits per heavy atom. The molecule has 0 aliphatic heterocycles.